The molecule has 0 saturated carbocycles. The maximum atomic E-state index is 12.4. The minimum absolute atomic E-state index is 0. The van der Waals surface area contributed by atoms with Crippen LogP contribution in [0.15, 0.2) is 67.1 Å². The second kappa shape index (κ2) is 8.53. The summed E-state index contributed by atoms with van der Waals surface area (Å²) in [6, 6.07) is 17.3. The Balaban J connectivity index is 0.00000225. The SMILES string of the molecule is Br.COc1cccc(C(=O)C[n+]2ccc(-c3ccc(C)cc3)nc2)c1. The lowest BCUT2D eigenvalue weighted by Gasteiger charge is -2.03. The highest BCUT2D eigenvalue weighted by atomic mass is 79.9. The van der Waals surface area contributed by atoms with Crippen molar-refractivity contribution >= 4 is 22.8 Å². The van der Waals surface area contributed by atoms with Crippen molar-refractivity contribution in [2.75, 3.05) is 7.11 Å². The summed E-state index contributed by atoms with van der Waals surface area (Å²) in [5.41, 5.74) is 3.80. The van der Waals surface area contributed by atoms with E-state index in [4.69, 9.17) is 4.74 Å². The normalized spacial score (nSPS) is 10.0. The Hall–Kier alpha value is -2.53. The summed E-state index contributed by atoms with van der Waals surface area (Å²) < 4.78 is 6.93. The van der Waals surface area contributed by atoms with Crippen LogP contribution in [0.5, 0.6) is 5.75 Å². The largest absolute Gasteiger partial charge is 0.497 e. The van der Waals surface area contributed by atoms with E-state index < -0.39 is 0 Å². The number of aryl methyl sites for hydroxylation is 1. The van der Waals surface area contributed by atoms with Crippen LogP contribution in [0.4, 0.5) is 0 Å². The van der Waals surface area contributed by atoms with Gasteiger partial charge in [-0.05, 0) is 24.0 Å². The van der Waals surface area contributed by atoms with E-state index in [1.165, 1.54) is 5.56 Å². The van der Waals surface area contributed by atoms with E-state index >= 15 is 0 Å². The quantitative estimate of drug-likeness (QED) is 0.483. The van der Waals surface area contributed by atoms with Crippen LogP contribution in [-0.4, -0.2) is 17.9 Å². The van der Waals surface area contributed by atoms with Gasteiger partial charge in [-0.25, -0.2) is 4.57 Å². The summed E-state index contributed by atoms with van der Waals surface area (Å²) in [6.45, 7) is 2.30. The molecule has 128 valence electrons. The van der Waals surface area contributed by atoms with Gasteiger partial charge in [0.25, 0.3) is 6.33 Å². The molecule has 0 fully saturated rings. The highest BCUT2D eigenvalue weighted by Gasteiger charge is 2.12. The van der Waals surface area contributed by atoms with E-state index in [9.17, 15) is 4.79 Å². The first-order chi connectivity index (χ1) is 11.7. The average Bonchev–Trinajstić information content (AvgIpc) is 2.63. The van der Waals surface area contributed by atoms with E-state index in [0.29, 0.717) is 11.3 Å². The van der Waals surface area contributed by atoms with E-state index in [2.05, 4.69) is 24.0 Å². The number of ether oxygens (including phenoxy) is 1. The van der Waals surface area contributed by atoms with Crippen molar-refractivity contribution in [2.45, 2.75) is 13.5 Å². The lowest BCUT2D eigenvalue weighted by atomic mass is 10.1. The second-order valence-corrected chi connectivity index (χ2v) is 5.64. The number of nitrogens with zero attached hydrogens (tertiary/aromatic N) is 2. The van der Waals surface area contributed by atoms with Crippen molar-refractivity contribution in [2.24, 2.45) is 0 Å². The number of carbonyl (C=O) groups excluding carboxylic acids is 1. The van der Waals surface area contributed by atoms with Crippen LogP contribution in [0.3, 0.4) is 0 Å². The molecule has 0 aliphatic heterocycles. The van der Waals surface area contributed by atoms with Gasteiger partial charge in [-0.1, -0.05) is 42.0 Å². The van der Waals surface area contributed by atoms with Crippen LogP contribution in [0.2, 0.25) is 0 Å². The first kappa shape index (κ1) is 18.8. The number of Topliss-reactive ketones (excluding diaryl/α,β-unsaturated/α-hetero) is 1. The number of aromatic nitrogens is 2. The molecule has 0 spiro atoms. The van der Waals surface area contributed by atoms with E-state index in [1.54, 1.807) is 30.1 Å². The van der Waals surface area contributed by atoms with Crippen molar-refractivity contribution in [3.8, 4) is 17.0 Å². The number of benzene rings is 2. The van der Waals surface area contributed by atoms with Gasteiger partial charge in [0, 0.05) is 17.2 Å². The summed E-state index contributed by atoms with van der Waals surface area (Å²) in [4.78, 5) is 16.8. The smallest absolute Gasteiger partial charge is 0.287 e. The molecule has 1 heterocycles. The standard InChI is InChI=1S/C20H19N2O2.BrH/c1-15-6-8-16(9-7-15)19-10-11-22(14-21-19)13-20(23)17-4-3-5-18(12-17)24-2;/h3-12,14H,13H2,1-2H3;1H/q+1;. The first-order valence-electron chi connectivity index (χ1n) is 7.75. The number of methoxy groups -OCH3 is 1. The number of ketones is 1. The molecule has 25 heavy (non-hydrogen) atoms. The van der Waals surface area contributed by atoms with Crippen LogP contribution in [0, 0.1) is 6.92 Å². The molecule has 3 rings (SSSR count). The molecule has 0 N–H and O–H groups in total. The van der Waals surface area contributed by atoms with Crippen LogP contribution < -0.4 is 9.30 Å². The van der Waals surface area contributed by atoms with Gasteiger partial charge in [0.1, 0.15) is 5.75 Å². The Kier molecular flexibility index (Phi) is 6.42. The molecular weight excluding hydrogens is 380 g/mol. The minimum atomic E-state index is 0. The average molecular weight is 400 g/mol. The highest BCUT2D eigenvalue weighted by molar-refractivity contribution is 8.93. The molecule has 0 atom stereocenters. The van der Waals surface area contributed by atoms with Crippen LogP contribution >= 0.6 is 17.0 Å². The third kappa shape index (κ3) is 4.73. The minimum Gasteiger partial charge on any atom is -0.497 e. The third-order valence-electron chi connectivity index (χ3n) is 3.83. The Bertz CT molecular complexity index is 846. The zero-order chi connectivity index (χ0) is 16.9. The summed E-state index contributed by atoms with van der Waals surface area (Å²) in [5.74, 6) is 0.697. The lowest BCUT2D eigenvalue weighted by Crippen LogP contribution is -2.37. The molecule has 0 aliphatic carbocycles. The molecular formula is C20H20BrN2O2+. The van der Waals surface area contributed by atoms with E-state index in [1.807, 2.05) is 36.5 Å². The fraction of sp³-hybridized carbons (Fsp3) is 0.150. The van der Waals surface area contributed by atoms with Crippen LogP contribution in [0.25, 0.3) is 11.3 Å². The molecule has 3 aromatic rings. The van der Waals surface area contributed by atoms with Gasteiger partial charge in [0.05, 0.1) is 13.3 Å². The summed E-state index contributed by atoms with van der Waals surface area (Å²) >= 11 is 0. The first-order valence-corrected chi connectivity index (χ1v) is 7.75. The van der Waals surface area contributed by atoms with E-state index in [0.717, 1.165) is 11.3 Å². The summed E-state index contributed by atoms with van der Waals surface area (Å²) in [6.07, 6.45) is 3.56. The van der Waals surface area contributed by atoms with Crippen LogP contribution in [0.1, 0.15) is 15.9 Å². The number of hydrogen-bond donors (Lipinski definition) is 0. The molecule has 0 aliphatic rings. The molecule has 0 radical (unpaired) electrons. The summed E-state index contributed by atoms with van der Waals surface area (Å²) in [5, 5.41) is 0. The molecule has 0 unspecified atom stereocenters. The molecule has 0 amide bonds. The van der Waals surface area contributed by atoms with Gasteiger partial charge in [0.2, 0.25) is 5.78 Å². The number of hydrogen-bond acceptors (Lipinski definition) is 3. The van der Waals surface area contributed by atoms with Gasteiger partial charge < -0.3 is 4.74 Å². The van der Waals surface area contributed by atoms with Gasteiger partial charge in [0.15, 0.2) is 12.2 Å². The number of rotatable bonds is 5. The number of carbonyl (C=O) groups is 1. The highest BCUT2D eigenvalue weighted by Crippen LogP contribution is 2.16. The Morgan fingerprint density at radius 2 is 1.88 bits per heavy atom. The Morgan fingerprint density at radius 3 is 2.52 bits per heavy atom. The predicted molar refractivity (Wildman–Crippen MR) is 102 cm³/mol. The Labute approximate surface area is 157 Å². The van der Waals surface area contributed by atoms with Crippen molar-refractivity contribution in [3.05, 3.63) is 78.2 Å². The molecule has 1 aromatic heterocycles. The van der Waals surface area contributed by atoms with E-state index in [-0.39, 0.29) is 29.3 Å². The van der Waals surface area contributed by atoms with Gasteiger partial charge in [-0.2, -0.15) is 0 Å². The van der Waals surface area contributed by atoms with Crippen molar-refractivity contribution in [1.29, 1.82) is 0 Å². The number of halogens is 1. The molecule has 5 heteroatoms. The molecule has 0 saturated heterocycles. The Morgan fingerprint density at radius 1 is 1.12 bits per heavy atom. The lowest BCUT2D eigenvalue weighted by molar-refractivity contribution is -0.686. The molecule has 2 aromatic carbocycles. The fourth-order valence-electron chi connectivity index (χ4n) is 2.43. The molecule has 4 nitrogen and oxygen atoms in total. The van der Waals surface area contributed by atoms with Gasteiger partial charge in [-0.15, -0.1) is 17.0 Å². The monoisotopic (exact) mass is 399 g/mol. The van der Waals surface area contributed by atoms with Crippen LogP contribution in [-0.2, 0) is 6.54 Å². The topological polar surface area (TPSA) is 43.1 Å². The fourth-order valence-corrected chi connectivity index (χ4v) is 2.43. The third-order valence-corrected chi connectivity index (χ3v) is 3.83. The maximum absolute atomic E-state index is 12.4. The van der Waals surface area contributed by atoms with Crippen molar-refractivity contribution < 1.29 is 14.1 Å². The second-order valence-electron chi connectivity index (χ2n) is 5.64. The van der Waals surface area contributed by atoms with Gasteiger partial charge >= 0.3 is 0 Å². The zero-order valence-corrected chi connectivity index (χ0v) is 15.9. The predicted octanol–water partition coefficient (Wildman–Crippen LogP) is 3.81. The maximum Gasteiger partial charge on any atom is 0.287 e. The van der Waals surface area contributed by atoms with Gasteiger partial charge in [-0.3, -0.25) is 4.79 Å². The zero-order valence-electron chi connectivity index (χ0n) is 14.2. The van der Waals surface area contributed by atoms with Crippen molar-refractivity contribution in [3.63, 3.8) is 0 Å². The molecule has 0 bridgehead atoms. The van der Waals surface area contributed by atoms with Crippen molar-refractivity contribution in [1.82, 2.24) is 4.98 Å². The summed E-state index contributed by atoms with van der Waals surface area (Å²) in [7, 11) is 1.59.